The van der Waals surface area contributed by atoms with Crippen molar-refractivity contribution in [2.75, 3.05) is 0 Å². The molecule has 0 fully saturated rings. The second-order valence-electron chi connectivity index (χ2n) is 9.68. The van der Waals surface area contributed by atoms with Gasteiger partial charge in [-0.15, -0.1) is 22.7 Å². The number of thiophene rings is 2. The molecule has 7 aromatic rings. The van der Waals surface area contributed by atoms with Crippen molar-refractivity contribution in [3.8, 4) is 11.1 Å². The molecule has 1 aliphatic rings. The van der Waals surface area contributed by atoms with E-state index in [9.17, 15) is 0 Å². The lowest BCUT2D eigenvalue weighted by Gasteiger charge is -2.24. The highest BCUT2D eigenvalue weighted by molar-refractivity contribution is 7.27. The number of hydrogen-bond acceptors (Lipinski definition) is 2. The summed E-state index contributed by atoms with van der Waals surface area (Å²) in [6, 6.07) is 31.7. The molecule has 0 amide bonds. The quantitative estimate of drug-likeness (QED) is 0.213. The van der Waals surface area contributed by atoms with E-state index in [4.69, 9.17) is 0 Å². The molecule has 0 bridgehead atoms. The standard InChI is InChI=1S/C31H20S2/c1-31(2)21-12-6-3-9-17(21)28-29(31)20-15-16-24-25(18-10-4-7-13-22(18)32-24)26(20)27-19-11-5-8-14-23(19)33-30(27)28/h3-16H,1-2H3. The maximum atomic E-state index is 2.41. The average molecular weight is 457 g/mol. The highest BCUT2D eigenvalue weighted by Crippen LogP contribution is 2.58. The Bertz CT molecular complexity index is 1950. The van der Waals surface area contributed by atoms with Gasteiger partial charge in [0.1, 0.15) is 0 Å². The van der Waals surface area contributed by atoms with Gasteiger partial charge in [-0.25, -0.2) is 0 Å². The van der Waals surface area contributed by atoms with Crippen LogP contribution < -0.4 is 0 Å². The summed E-state index contributed by atoms with van der Waals surface area (Å²) < 4.78 is 5.57. The Balaban J connectivity index is 1.76. The van der Waals surface area contributed by atoms with E-state index >= 15 is 0 Å². The zero-order chi connectivity index (χ0) is 21.9. The lowest BCUT2D eigenvalue weighted by atomic mass is 9.79. The third-order valence-corrected chi connectivity index (χ3v) is 9.95. The molecule has 0 spiro atoms. The van der Waals surface area contributed by atoms with E-state index in [2.05, 4.69) is 98.8 Å². The summed E-state index contributed by atoms with van der Waals surface area (Å²) in [5.74, 6) is 0. The Morgan fingerprint density at radius 1 is 0.545 bits per heavy atom. The zero-order valence-electron chi connectivity index (χ0n) is 18.4. The molecule has 5 aromatic carbocycles. The summed E-state index contributed by atoms with van der Waals surface area (Å²) in [7, 11) is 0. The minimum atomic E-state index is -0.0337. The van der Waals surface area contributed by atoms with Crippen LogP contribution in [0.5, 0.6) is 0 Å². The van der Waals surface area contributed by atoms with Gasteiger partial charge in [0.25, 0.3) is 0 Å². The van der Waals surface area contributed by atoms with Crippen molar-refractivity contribution in [3.63, 3.8) is 0 Å². The van der Waals surface area contributed by atoms with Gasteiger partial charge in [-0.1, -0.05) is 80.6 Å². The molecule has 1 aliphatic carbocycles. The van der Waals surface area contributed by atoms with Crippen LogP contribution in [0.2, 0.25) is 0 Å². The van der Waals surface area contributed by atoms with Gasteiger partial charge in [-0.2, -0.15) is 0 Å². The first-order chi connectivity index (χ1) is 16.1. The Hall–Kier alpha value is -3.20. The van der Waals surface area contributed by atoms with E-state index in [1.165, 1.54) is 73.4 Å². The van der Waals surface area contributed by atoms with Crippen molar-refractivity contribution < 1.29 is 0 Å². The minimum Gasteiger partial charge on any atom is -0.135 e. The van der Waals surface area contributed by atoms with Gasteiger partial charge in [0.2, 0.25) is 0 Å². The molecule has 156 valence electrons. The van der Waals surface area contributed by atoms with Crippen LogP contribution >= 0.6 is 22.7 Å². The van der Waals surface area contributed by atoms with E-state index in [1.807, 2.05) is 22.7 Å². The minimum absolute atomic E-state index is 0.0337. The van der Waals surface area contributed by atoms with Crippen molar-refractivity contribution in [1.82, 2.24) is 0 Å². The van der Waals surface area contributed by atoms with Gasteiger partial charge in [-0.3, -0.25) is 0 Å². The number of fused-ring (bicyclic) bond motifs is 14. The summed E-state index contributed by atoms with van der Waals surface area (Å²) in [5, 5.41) is 8.49. The second kappa shape index (κ2) is 6.02. The van der Waals surface area contributed by atoms with E-state index in [0.29, 0.717) is 0 Å². The summed E-state index contributed by atoms with van der Waals surface area (Å²) in [6.45, 7) is 4.82. The summed E-state index contributed by atoms with van der Waals surface area (Å²) in [6.07, 6.45) is 0. The number of benzene rings is 5. The van der Waals surface area contributed by atoms with Crippen LogP contribution in [0.15, 0.2) is 84.9 Å². The first-order valence-electron chi connectivity index (χ1n) is 11.5. The number of hydrogen-bond donors (Lipinski definition) is 0. The Labute approximate surface area is 199 Å². The normalized spacial score (nSPS) is 14.6. The van der Waals surface area contributed by atoms with Gasteiger partial charge >= 0.3 is 0 Å². The van der Waals surface area contributed by atoms with Crippen LogP contribution in [0.1, 0.15) is 25.0 Å². The van der Waals surface area contributed by atoms with Gasteiger partial charge < -0.3 is 0 Å². The predicted octanol–water partition coefficient (Wildman–Crippen LogP) is 9.88. The molecule has 2 aromatic heterocycles. The van der Waals surface area contributed by atoms with E-state index in [0.717, 1.165) is 0 Å². The molecule has 0 unspecified atom stereocenters. The molecule has 8 rings (SSSR count). The Morgan fingerprint density at radius 3 is 2.03 bits per heavy atom. The van der Waals surface area contributed by atoms with Crippen molar-refractivity contribution >= 4 is 73.8 Å². The lowest BCUT2D eigenvalue weighted by Crippen LogP contribution is -2.15. The topological polar surface area (TPSA) is 0 Å². The first kappa shape index (κ1) is 18.3. The zero-order valence-corrected chi connectivity index (χ0v) is 20.0. The van der Waals surface area contributed by atoms with Gasteiger partial charge in [0, 0.05) is 56.7 Å². The van der Waals surface area contributed by atoms with Crippen LogP contribution in [-0.2, 0) is 5.41 Å². The molecule has 0 N–H and O–H groups in total. The van der Waals surface area contributed by atoms with Gasteiger partial charge in [0.05, 0.1) is 0 Å². The maximum Gasteiger partial charge on any atom is 0.0443 e. The van der Waals surface area contributed by atoms with Crippen molar-refractivity contribution in [2.45, 2.75) is 19.3 Å². The summed E-state index contributed by atoms with van der Waals surface area (Å²) in [4.78, 5) is 0. The van der Waals surface area contributed by atoms with Crippen LogP contribution in [0, 0.1) is 0 Å². The molecule has 2 heterocycles. The Kier molecular flexibility index (Phi) is 3.33. The number of rotatable bonds is 0. The van der Waals surface area contributed by atoms with Gasteiger partial charge in [-0.05, 0) is 40.3 Å². The van der Waals surface area contributed by atoms with Crippen molar-refractivity contribution in [2.24, 2.45) is 0 Å². The third kappa shape index (κ3) is 2.12. The van der Waals surface area contributed by atoms with Crippen molar-refractivity contribution in [1.29, 1.82) is 0 Å². The molecular weight excluding hydrogens is 436 g/mol. The third-order valence-electron chi connectivity index (χ3n) is 7.63. The highest BCUT2D eigenvalue weighted by Gasteiger charge is 2.39. The Morgan fingerprint density at radius 2 is 1.21 bits per heavy atom. The molecule has 0 radical (unpaired) electrons. The van der Waals surface area contributed by atoms with Crippen LogP contribution in [-0.4, -0.2) is 0 Å². The second-order valence-corrected chi connectivity index (χ2v) is 11.8. The lowest BCUT2D eigenvalue weighted by molar-refractivity contribution is 0.666. The molecule has 0 aliphatic heterocycles. The molecule has 33 heavy (non-hydrogen) atoms. The van der Waals surface area contributed by atoms with E-state index in [-0.39, 0.29) is 5.41 Å². The summed E-state index contributed by atoms with van der Waals surface area (Å²) in [5.41, 5.74) is 5.77. The average Bonchev–Trinajstić information content (AvgIpc) is 3.48. The molecule has 2 heteroatoms. The highest BCUT2D eigenvalue weighted by atomic mass is 32.1. The fourth-order valence-corrected chi connectivity index (χ4v) is 8.68. The van der Waals surface area contributed by atoms with Crippen LogP contribution in [0.3, 0.4) is 0 Å². The molecule has 0 nitrogen and oxygen atoms in total. The SMILES string of the molecule is CC1(C)c2ccccc2-c2c1c1ccc3sc4ccccc4c3c1c1c2sc2ccccc21. The molecule has 0 saturated heterocycles. The molecular formula is C31H20S2. The first-order valence-corrected chi connectivity index (χ1v) is 13.1. The smallest absolute Gasteiger partial charge is 0.0443 e. The van der Waals surface area contributed by atoms with E-state index in [1.54, 1.807) is 0 Å². The van der Waals surface area contributed by atoms with Gasteiger partial charge in [0.15, 0.2) is 0 Å². The maximum absolute atomic E-state index is 2.41. The molecule has 0 saturated carbocycles. The van der Waals surface area contributed by atoms with E-state index < -0.39 is 0 Å². The monoisotopic (exact) mass is 456 g/mol. The largest absolute Gasteiger partial charge is 0.135 e. The van der Waals surface area contributed by atoms with Crippen LogP contribution in [0.25, 0.3) is 62.2 Å². The fraction of sp³-hybridized carbons (Fsp3) is 0.0968. The van der Waals surface area contributed by atoms with Crippen LogP contribution in [0.4, 0.5) is 0 Å². The summed E-state index contributed by atoms with van der Waals surface area (Å²) >= 11 is 3.88. The van der Waals surface area contributed by atoms with Crippen molar-refractivity contribution in [3.05, 3.63) is 96.1 Å². The predicted molar refractivity (Wildman–Crippen MR) is 147 cm³/mol. The fourth-order valence-electron chi connectivity index (χ4n) is 6.29. The molecule has 0 atom stereocenters.